The first-order valence-electron chi connectivity index (χ1n) is 8.31. The summed E-state index contributed by atoms with van der Waals surface area (Å²) in [4.78, 5) is 12.7. The molecule has 2 N–H and O–H groups in total. The summed E-state index contributed by atoms with van der Waals surface area (Å²) < 4.78 is 5.11. The number of aliphatic hydroxyl groups excluding tert-OH is 1. The molecule has 2 aromatic rings. The predicted octanol–water partition coefficient (Wildman–Crippen LogP) is 2.97. The van der Waals surface area contributed by atoms with Gasteiger partial charge in [-0.2, -0.15) is 0 Å². The second kappa shape index (κ2) is 7.05. The average molecular weight is 325 g/mol. The second-order valence-electron chi connectivity index (χ2n) is 6.30. The van der Waals surface area contributed by atoms with Crippen molar-refractivity contribution in [1.82, 2.24) is 5.32 Å². The van der Waals surface area contributed by atoms with Crippen LogP contribution in [-0.2, 0) is 10.2 Å². The topological polar surface area (TPSA) is 58.6 Å². The van der Waals surface area contributed by atoms with E-state index in [1.165, 1.54) is 0 Å². The van der Waals surface area contributed by atoms with Gasteiger partial charge in [0.1, 0.15) is 5.75 Å². The minimum atomic E-state index is -0.729. The zero-order valence-corrected chi connectivity index (χ0v) is 13.9. The molecule has 4 heteroatoms. The van der Waals surface area contributed by atoms with Gasteiger partial charge >= 0.3 is 0 Å². The molecule has 0 aromatic heterocycles. The number of nitrogens with one attached hydrogen (secondary N) is 1. The van der Waals surface area contributed by atoms with Crippen LogP contribution in [0.25, 0.3) is 0 Å². The van der Waals surface area contributed by atoms with Crippen LogP contribution in [-0.4, -0.2) is 24.7 Å². The van der Waals surface area contributed by atoms with E-state index in [0.29, 0.717) is 0 Å². The molecule has 1 aliphatic carbocycles. The Morgan fingerprint density at radius 2 is 1.83 bits per heavy atom. The van der Waals surface area contributed by atoms with Gasteiger partial charge in [0.05, 0.1) is 18.6 Å². The minimum Gasteiger partial charge on any atom is -0.497 e. The van der Waals surface area contributed by atoms with Gasteiger partial charge in [0, 0.05) is 6.54 Å². The molecular weight excluding hydrogens is 302 g/mol. The van der Waals surface area contributed by atoms with Crippen LogP contribution in [0.5, 0.6) is 5.75 Å². The van der Waals surface area contributed by atoms with E-state index in [4.69, 9.17) is 4.74 Å². The molecule has 2 aromatic carbocycles. The quantitative estimate of drug-likeness (QED) is 0.858. The van der Waals surface area contributed by atoms with Crippen molar-refractivity contribution in [1.29, 1.82) is 0 Å². The van der Waals surface area contributed by atoms with Crippen LogP contribution in [0.3, 0.4) is 0 Å². The fraction of sp³-hybridized carbons (Fsp3) is 0.350. The van der Waals surface area contributed by atoms with Crippen molar-refractivity contribution in [3.8, 4) is 5.75 Å². The molecule has 1 atom stereocenters. The van der Waals surface area contributed by atoms with Crippen molar-refractivity contribution >= 4 is 5.91 Å². The number of carbonyl (C=O) groups is 1. The van der Waals surface area contributed by atoms with Gasteiger partial charge in [-0.3, -0.25) is 4.79 Å². The lowest BCUT2D eigenvalue weighted by atomic mass is 9.64. The highest BCUT2D eigenvalue weighted by molar-refractivity contribution is 5.89. The number of ether oxygens (including phenoxy) is 1. The highest BCUT2D eigenvalue weighted by Crippen LogP contribution is 2.43. The molecule has 1 unspecified atom stereocenters. The summed E-state index contributed by atoms with van der Waals surface area (Å²) in [5.74, 6) is 0.750. The van der Waals surface area contributed by atoms with Crippen molar-refractivity contribution in [2.75, 3.05) is 13.7 Å². The number of methoxy groups -OCH3 is 1. The first-order valence-corrected chi connectivity index (χ1v) is 8.31. The largest absolute Gasteiger partial charge is 0.497 e. The molecule has 0 heterocycles. The zero-order valence-electron chi connectivity index (χ0n) is 13.9. The summed E-state index contributed by atoms with van der Waals surface area (Å²) in [6, 6.07) is 17.1. The van der Waals surface area contributed by atoms with E-state index < -0.39 is 11.5 Å². The Morgan fingerprint density at radius 3 is 2.38 bits per heavy atom. The molecule has 0 spiro atoms. The SMILES string of the molecule is COc1ccc(C(O)CNC(=O)C2(c3ccccc3)CCC2)cc1. The lowest BCUT2D eigenvalue weighted by Gasteiger charge is -2.41. The maximum atomic E-state index is 12.7. The maximum Gasteiger partial charge on any atom is 0.230 e. The number of hydrogen-bond acceptors (Lipinski definition) is 3. The molecule has 0 aliphatic heterocycles. The highest BCUT2D eigenvalue weighted by atomic mass is 16.5. The summed E-state index contributed by atoms with van der Waals surface area (Å²) in [5.41, 5.74) is 1.40. The van der Waals surface area contributed by atoms with E-state index in [1.807, 2.05) is 42.5 Å². The van der Waals surface area contributed by atoms with Crippen LogP contribution < -0.4 is 10.1 Å². The van der Waals surface area contributed by atoms with Gasteiger partial charge in [-0.05, 0) is 36.1 Å². The number of rotatable bonds is 6. The Morgan fingerprint density at radius 1 is 1.17 bits per heavy atom. The molecule has 1 aliphatic rings. The van der Waals surface area contributed by atoms with E-state index in [-0.39, 0.29) is 12.5 Å². The fourth-order valence-corrected chi connectivity index (χ4v) is 3.24. The number of carbonyl (C=O) groups excluding carboxylic acids is 1. The predicted molar refractivity (Wildman–Crippen MR) is 92.9 cm³/mol. The molecule has 126 valence electrons. The normalized spacial score (nSPS) is 16.8. The van der Waals surface area contributed by atoms with Crippen LogP contribution in [0.15, 0.2) is 54.6 Å². The molecule has 0 saturated heterocycles. The number of benzene rings is 2. The monoisotopic (exact) mass is 325 g/mol. The third-order valence-corrected chi connectivity index (χ3v) is 4.92. The third kappa shape index (κ3) is 3.15. The molecule has 3 rings (SSSR count). The summed E-state index contributed by atoms with van der Waals surface area (Å²) in [6.45, 7) is 0.208. The molecule has 4 nitrogen and oxygen atoms in total. The lowest BCUT2D eigenvalue weighted by molar-refractivity contribution is -0.130. The maximum absolute atomic E-state index is 12.7. The lowest BCUT2D eigenvalue weighted by Crippen LogP contribution is -2.50. The first-order chi connectivity index (χ1) is 11.7. The van der Waals surface area contributed by atoms with Crippen LogP contribution in [0.4, 0.5) is 0 Å². The van der Waals surface area contributed by atoms with Gasteiger partial charge in [0.25, 0.3) is 0 Å². The van der Waals surface area contributed by atoms with Crippen molar-refractivity contribution in [3.05, 3.63) is 65.7 Å². The van der Waals surface area contributed by atoms with Crippen molar-refractivity contribution in [2.45, 2.75) is 30.8 Å². The van der Waals surface area contributed by atoms with Gasteiger partial charge in [-0.1, -0.05) is 48.9 Å². The molecular formula is C20H23NO3. The highest BCUT2D eigenvalue weighted by Gasteiger charge is 2.45. The van der Waals surface area contributed by atoms with E-state index >= 15 is 0 Å². The molecule has 24 heavy (non-hydrogen) atoms. The number of amides is 1. The summed E-state index contributed by atoms with van der Waals surface area (Å²) >= 11 is 0. The summed E-state index contributed by atoms with van der Waals surface area (Å²) in [7, 11) is 1.60. The zero-order chi connectivity index (χ0) is 17.0. The molecule has 1 saturated carbocycles. The van der Waals surface area contributed by atoms with Crippen molar-refractivity contribution in [2.24, 2.45) is 0 Å². The van der Waals surface area contributed by atoms with E-state index in [1.54, 1.807) is 19.2 Å². The smallest absolute Gasteiger partial charge is 0.230 e. The van der Waals surface area contributed by atoms with Crippen molar-refractivity contribution in [3.63, 3.8) is 0 Å². The summed E-state index contributed by atoms with van der Waals surface area (Å²) in [5, 5.41) is 13.2. The Kier molecular flexibility index (Phi) is 4.86. The third-order valence-electron chi connectivity index (χ3n) is 4.92. The van der Waals surface area contributed by atoms with E-state index in [0.717, 1.165) is 36.1 Å². The van der Waals surface area contributed by atoms with Crippen LogP contribution in [0, 0.1) is 0 Å². The van der Waals surface area contributed by atoms with Gasteiger partial charge in [0.2, 0.25) is 5.91 Å². The molecule has 1 amide bonds. The van der Waals surface area contributed by atoms with E-state index in [9.17, 15) is 9.90 Å². The van der Waals surface area contributed by atoms with Crippen LogP contribution >= 0.6 is 0 Å². The van der Waals surface area contributed by atoms with Gasteiger partial charge in [-0.15, -0.1) is 0 Å². The molecule has 0 radical (unpaired) electrons. The fourth-order valence-electron chi connectivity index (χ4n) is 3.24. The number of hydrogen-bond donors (Lipinski definition) is 2. The molecule has 1 fully saturated rings. The first kappa shape index (κ1) is 16.5. The van der Waals surface area contributed by atoms with Gasteiger partial charge in [-0.25, -0.2) is 0 Å². The Hall–Kier alpha value is -2.33. The summed E-state index contributed by atoms with van der Waals surface area (Å²) in [6.07, 6.45) is 2.06. The van der Waals surface area contributed by atoms with Gasteiger partial charge < -0.3 is 15.2 Å². The van der Waals surface area contributed by atoms with Crippen LogP contribution in [0.2, 0.25) is 0 Å². The minimum absolute atomic E-state index is 0.00696. The Labute approximate surface area is 142 Å². The van der Waals surface area contributed by atoms with Gasteiger partial charge in [0.15, 0.2) is 0 Å². The Balaban J connectivity index is 1.64. The van der Waals surface area contributed by atoms with Crippen molar-refractivity contribution < 1.29 is 14.6 Å². The standard InChI is InChI=1S/C20H23NO3/c1-24-17-10-8-15(9-11-17)18(22)14-21-19(23)20(12-5-13-20)16-6-3-2-4-7-16/h2-4,6-11,18,22H,5,12-14H2,1H3,(H,21,23). The number of aliphatic hydroxyl groups is 1. The van der Waals surface area contributed by atoms with Crippen LogP contribution in [0.1, 0.15) is 36.5 Å². The second-order valence-corrected chi connectivity index (χ2v) is 6.30. The average Bonchev–Trinajstić information content (AvgIpc) is 2.60. The Bertz CT molecular complexity index is 678. The van der Waals surface area contributed by atoms with E-state index in [2.05, 4.69) is 5.32 Å². The molecule has 0 bridgehead atoms.